The Kier molecular flexibility index (Phi) is 7.23. The summed E-state index contributed by atoms with van der Waals surface area (Å²) in [5.74, 6) is 0.692. The van der Waals surface area contributed by atoms with E-state index in [1.54, 1.807) is 6.20 Å². The molecule has 0 atom stereocenters. The van der Waals surface area contributed by atoms with Crippen LogP contribution in [-0.4, -0.2) is 34.2 Å². The van der Waals surface area contributed by atoms with Crippen molar-refractivity contribution in [1.82, 2.24) is 9.55 Å². The molecule has 0 spiro atoms. The maximum Gasteiger partial charge on any atom is 0.244 e. The summed E-state index contributed by atoms with van der Waals surface area (Å²) in [6.07, 6.45) is 4.71. The number of nitrogens with two attached hydrogens (primary N) is 1. The van der Waals surface area contributed by atoms with E-state index in [-0.39, 0.29) is 30.7 Å². The summed E-state index contributed by atoms with van der Waals surface area (Å²) in [5, 5.41) is 2.92. The average Bonchev–Trinajstić information content (AvgIpc) is 2.94. The largest absolute Gasteiger partial charge is 0.381 e. The van der Waals surface area contributed by atoms with Gasteiger partial charge in [0.1, 0.15) is 11.4 Å². The van der Waals surface area contributed by atoms with Crippen molar-refractivity contribution >= 4 is 36.4 Å². The number of nitrogens with zero attached hydrogens (tertiary/aromatic N) is 2. The first kappa shape index (κ1) is 20.4. The first-order valence-corrected chi connectivity index (χ1v) is 7.34. The highest BCUT2D eigenvalue weighted by Crippen LogP contribution is 2.23. The van der Waals surface area contributed by atoms with E-state index in [0.717, 1.165) is 17.1 Å². The van der Waals surface area contributed by atoms with Crippen molar-refractivity contribution in [3.63, 3.8) is 0 Å². The molecule has 1 aromatic carbocycles. The van der Waals surface area contributed by atoms with E-state index in [0.29, 0.717) is 26.1 Å². The smallest absolute Gasteiger partial charge is 0.244 e. The van der Waals surface area contributed by atoms with Gasteiger partial charge in [-0.05, 0) is 25.0 Å². The maximum absolute atomic E-state index is 12.4. The predicted octanol–water partition coefficient (Wildman–Crippen LogP) is 2.38. The number of nitrogens with one attached hydrogen (secondary N) is 1. The van der Waals surface area contributed by atoms with Gasteiger partial charge in [0.2, 0.25) is 5.91 Å². The minimum Gasteiger partial charge on any atom is -0.381 e. The highest BCUT2D eigenvalue weighted by molar-refractivity contribution is 5.98. The van der Waals surface area contributed by atoms with E-state index in [1.165, 1.54) is 0 Å². The molecule has 0 aliphatic carbocycles. The molecular formula is C16H22Cl2N4O2. The fraction of sp³-hybridized carbons (Fsp3) is 0.375. The number of benzene rings is 1. The quantitative estimate of drug-likeness (QED) is 0.866. The molecular weight excluding hydrogens is 351 g/mol. The van der Waals surface area contributed by atoms with Crippen molar-refractivity contribution in [2.45, 2.75) is 18.4 Å². The number of imidazole rings is 1. The number of ether oxygens (including phenoxy) is 1. The molecule has 1 aliphatic heterocycles. The van der Waals surface area contributed by atoms with Crippen LogP contribution in [0, 0.1) is 0 Å². The normalized spacial score (nSPS) is 15.8. The van der Waals surface area contributed by atoms with Crippen molar-refractivity contribution in [3.8, 4) is 11.4 Å². The molecule has 1 aromatic heterocycles. The van der Waals surface area contributed by atoms with E-state index >= 15 is 0 Å². The summed E-state index contributed by atoms with van der Waals surface area (Å²) < 4.78 is 7.21. The molecule has 2 aromatic rings. The molecule has 1 amide bonds. The third-order valence-electron chi connectivity index (χ3n) is 4.04. The first-order chi connectivity index (χ1) is 10.6. The Labute approximate surface area is 153 Å². The average molecular weight is 373 g/mol. The van der Waals surface area contributed by atoms with Crippen LogP contribution in [0.2, 0.25) is 0 Å². The van der Waals surface area contributed by atoms with Gasteiger partial charge in [-0.2, -0.15) is 0 Å². The molecule has 0 saturated carbocycles. The Morgan fingerprint density at radius 1 is 1.33 bits per heavy atom. The molecule has 3 N–H and O–H groups in total. The summed E-state index contributed by atoms with van der Waals surface area (Å²) in [6, 6.07) is 7.62. The lowest BCUT2D eigenvalue weighted by Crippen LogP contribution is -2.54. The Morgan fingerprint density at radius 3 is 2.67 bits per heavy atom. The molecule has 1 aliphatic rings. The second-order valence-corrected chi connectivity index (χ2v) is 5.67. The number of hydrogen-bond acceptors (Lipinski definition) is 4. The van der Waals surface area contributed by atoms with Gasteiger partial charge in [-0.25, -0.2) is 4.98 Å². The van der Waals surface area contributed by atoms with Gasteiger partial charge in [0.25, 0.3) is 0 Å². The summed E-state index contributed by atoms with van der Waals surface area (Å²) in [4.78, 5) is 16.8. The molecule has 8 heteroatoms. The number of anilines is 1. The van der Waals surface area contributed by atoms with Gasteiger partial charge in [0.05, 0.1) is 0 Å². The lowest BCUT2D eigenvalue weighted by atomic mass is 9.90. The lowest BCUT2D eigenvalue weighted by Gasteiger charge is -2.31. The Bertz CT molecular complexity index is 684. The van der Waals surface area contributed by atoms with Crippen LogP contribution in [0.5, 0.6) is 0 Å². The van der Waals surface area contributed by atoms with E-state index < -0.39 is 5.54 Å². The van der Waals surface area contributed by atoms with E-state index in [1.807, 2.05) is 42.1 Å². The Balaban J connectivity index is 0.00000144. The lowest BCUT2D eigenvalue weighted by molar-refractivity contribution is -0.124. The highest BCUT2D eigenvalue weighted by Gasteiger charge is 2.35. The zero-order valence-electron chi connectivity index (χ0n) is 13.4. The molecule has 2 heterocycles. The fourth-order valence-corrected chi connectivity index (χ4v) is 2.60. The number of carbonyl (C=O) groups is 1. The van der Waals surface area contributed by atoms with Gasteiger partial charge in [0.15, 0.2) is 0 Å². The number of rotatable bonds is 3. The summed E-state index contributed by atoms with van der Waals surface area (Å²) in [6.45, 7) is 1.05. The van der Waals surface area contributed by atoms with Crippen molar-refractivity contribution in [2.24, 2.45) is 12.8 Å². The monoisotopic (exact) mass is 372 g/mol. The zero-order valence-corrected chi connectivity index (χ0v) is 15.0. The Hall–Kier alpha value is -1.60. The van der Waals surface area contributed by atoms with Crippen molar-refractivity contribution < 1.29 is 9.53 Å². The summed E-state index contributed by atoms with van der Waals surface area (Å²) >= 11 is 0. The second-order valence-electron chi connectivity index (χ2n) is 5.67. The Morgan fingerprint density at radius 2 is 2.04 bits per heavy atom. The van der Waals surface area contributed by atoms with E-state index in [4.69, 9.17) is 10.5 Å². The molecule has 132 valence electrons. The van der Waals surface area contributed by atoms with Crippen LogP contribution < -0.4 is 11.1 Å². The van der Waals surface area contributed by atoms with Crippen LogP contribution in [0.25, 0.3) is 11.4 Å². The summed E-state index contributed by atoms with van der Waals surface area (Å²) in [7, 11) is 1.94. The van der Waals surface area contributed by atoms with Crippen molar-refractivity contribution in [2.75, 3.05) is 18.5 Å². The van der Waals surface area contributed by atoms with E-state index in [2.05, 4.69) is 10.3 Å². The molecule has 6 nitrogen and oxygen atoms in total. The van der Waals surface area contributed by atoms with Crippen LogP contribution in [-0.2, 0) is 16.6 Å². The van der Waals surface area contributed by atoms with Crippen LogP contribution in [0.1, 0.15) is 12.8 Å². The van der Waals surface area contributed by atoms with Crippen LogP contribution in [0.4, 0.5) is 5.69 Å². The molecule has 24 heavy (non-hydrogen) atoms. The standard InChI is InChI=1S/C16H20N4O2.2ClH/c1-20-8-7-18-14(20)12-3-2-4-13(11-12)19-15(21)16(17)5-9-22-10-6-16;;/h2-4,7-8,11H,5-6,9-10,17H2,1H3,(H,19,21);2*1H. The van der Waals surface area contributed by atoms with Gasteiger partial charge in [-0.15, -0.1) is 24.8 Å². The SMILES string of the molecule is Cl.Cl.Cn1ccnc1-c1cccc(NC(=O)C2(N)CCOCC2)c1. The number of amides is 1. The zero-order chi connectivity index (χ0) is 15.6. The van der Waals surface area contributed by atoms with Gasteiger partial charge >= 0.3 is 0 Å². The molecule has 0 unspecified atom stereocenters. The first-order valence-electron chi connectivity index (χ1n) is 7.34. The fourth-order valence-electron chi connectivity index (χ4n) is 2.60. The van der Waals surface area contributed by atoms with Crippen molar-refractivity contribution in [1.29, 1.82) is 0 Å². The number of halogens is 2. The van der Waals surface area contributed by atoms with Crippen molar-refractivity contribution in [3.05, 3.63) is 36.7 Å². The number of carbonyl (C=O) groups excluding carboxylic acids is 1. The number of aromatic nitrogens is 2. The molecule has 0 bridgehead atoms. The maximum atomic E-state index is 12.4. The topological polar surface area (TPSA) is 82.2 Å². The molecule has 1 fully saturated rings. The van der Waals surface area contributed by atoms with Gasteiger partial charge < -0.3 is 20.4 Å². The van der Waals surface area contributed by atoms with Crippen LogP contribution in [0.3, 0.4) is 0 Å². The minimum atomic E-state index is -0.850. The second kappa shape index (κ2) is 8.48. The summed E-state index contributed by atoms with van der Waals surface area (Å²) in [5.41, 5.74) is 7.02. The van der Waals surface area contributed by atoms with Gasteiger partial charge in [-0.1, -0.05) is 12.1 Å². The third kappa shape index (κ3) is 4.27. The molecule has 0 radical (unpaired) electrons. The number of aryl methyl sites for hydroxylation is 1. The molecule has 1 saturated heterocycles. The van der Waals surface area contributed by atoms with E-state index in [9.17, 15) is 4.79 Å². The number of hydrogen-bond donors (Lipinski definition) is 2. The predicted molar refractivity (Wildman–Crippen MR) is 98.7 cm³/mol. The van der Waals surface area contributed by atoms with Crippen LogP contribution in [0.15, 0.2) is 36.7 Å². The van der Waals surface area contributed by atoms with Crippen LogP contribution >= 0.6 is 24.8 Å². The minimum absolute atomic E-state index is 0. The van der Waals surface area contributed by atoms with Gasteiger partial charge in [0, 0.05) is 43.9 Å². The molecule has 3 rings (SSSR count). The third-order valence-corrected chi connectivity index (χ3v) is 4.04. The highest BCUT2D eigenvalue weighted by atomic mass is 35.5. The van der Waals surface area contributed by atoms with Gasteiger partial charge in [-0.3, -0.25) is 4.79 Å².